The van der Waals surface area contributed by atoms with Gasteiger partial charge in [-0.05, 0) is 86.6 Å². The molecule has 0 saturated carbocycles. The van der Waals surface area contributed by atoms with Gasteiger partial charge in [0, 0.05) is 18.3 Å². The van der Waals surface area contributed by atoms with Crippen LogP contribution in [-0.4, -0.2) is 41.6 Å². The van der Waals surface area contributed by atoms with Crippen molar-refractivity contribution >= 4 is 43.2 Å². The molecule has 0 saturated heterocycles. The summed E-state index contributed by atoms with van der Waals surface area (Å²) in [5, 5.41) is 6.32. The fourth-order valence-electron chi connectivity index (χ4n) is 3.41. The largest absolute Gasteiger partial charge is 0.484 e. The summed E-state index contributed by atoms with van der Waals surface area (Å²) in [6, 6.07) is 16.0. The van der Waals surface area contributed by atoms with E-state index in [4.69, 9.17) is 9.26 Å². The van der Waals surface area contributed by atoms with Crippen molar-refractivity contribution in [3.05, 3.63) is 89.9 Å². The molecular weight excluding hydrogens is 563 g/mol. The zero-order chi connectivity index (χ0) is 29.1. The summed E-state index contributed by atoms with van der Waals surface area (Å²) in [5.74, 6) is -0.696. The van der Waals surface area contributed by atoms with E-state index in [1.54, 1.807) is 13.8 Å². The third-order valence-corrected chi connectivity index (χ3v) is 9.02. The Balaban J connectivity index is 1.32. The maximum Gasteiger partial charge on any atom is 0.264 e. The molecule has 0 aliphatic rings. The van der Waals surface area contributed by atoms with Crippen molar-refractivity contribution in [2.75, 3.05) is 28.0 Å². The predicted molar refractivity (Wildman–Crippen MR) is 146 cm³/mol. The molecule has 1 aromatic heterocycles. The molecule has 0 spiro atoms. The summed E-state index contributed by atoms with van der Waals surface area (Å²) in [5.41, 5.74) is 1.82. The normalized spacial score (nSPS) is 11.6. The number of carbonyl (C=O) groups is 1. The van der Waals surface area contributed by atoms with Crippen molar-refractivity contribution in [1.29, 1.82) is 0 Å². The van der Waals surface area contributed by atoms with E-state index in [-0.39, 0.29) is 22.3 Å². The van der Waals surface area contributed by atoms with Crippen LogP contribution in [0.3, 0.4) is 0 Å². The number of ether oxygens (including phenoxy) is 1. The molecule has 3 aromatic carbocycles. The van der Waals surface area contributed by atoms with Gasteiger partial charge in [-0.1, -0.05) is 5.16 Å². The molecule has 2 N–H and O–H groups in total. The fraction of sp³-hybridized carbons (Fsp3) is 0.154. The molecule has 210 valence electrons. The fourth-order valence-corrected chi connectivity index (χ4v) is 5.65. The highest BCUT2D eigenvalue weighted by molar-refractivity contribution is 7.93. The molecule has 0 unspecified atom stereocenters. The minimum atomic E-state index is -3.93. The smallest absolute Gasteiger partial charge is 0.264 e. The molecule has 11 nitrogen and oxygen atoms in total. The lowest BCUT2D eigenvalue weighted by Crippen LogP contribution is -2.26. The van der Waals surface area contributed by atoms with Crippen LogP contribution in [0.15, 0.2) is 87.1 Å². The number of sulfonamides is 2. The lowest BCUT2D eigenvalue weighted by molar-refractivity contribution is -0.118. The number of carbonyl (C=O) groups excluding carboxylic acids is 1. The Kier molecular flexibility index (Phi) is 8.11. The number of aryl methyl sites for hydroxylation is 1. The number of benzene rings is 3. The van der Waals surface area contributed by atoms with Crippen LogP contribution in [-0.2, 0) is 24.8 Å². The van der Waals surface area contributed by atoms with Crippen LogP contribution in [0.4, 0.5) is 21.6 Å². The second kappa shape index (κ2) is 11.4. The number of hydrogen-bond acceptors (Lipinski definition) is 8. The van der Waals surface area contributed by atoms with Gasteiger partial charge in [0.2, 0.25) is 5.88 Å². The summed E-state index contributed by atoms with van der Waals surface area (Å²) >= 11 is 0. The summed E-state index contributed by atoms with van der Waals surface area (Å²) < 4.78 is 77.7. The van der Waals surface area contributed by atoms with Crippen LogP contribution in [0.1, 0.15) is 11.3 Å². The van der Waals surface area contributed by atoms with Crippen LogP contribution in [0.25, 0.3) is 0 Å². The first kappa shape index (κ1) is 28.6. The quantitative estimate of drug-likeness (QED) is 0.282. The van der Waals surface area contributed by atoms with E-state index < -0.39 is 31.8 Å². The van der Waals surface area contributed by atoms with Crippen molar-refractivity contribution in [3.63, 3.8) is 0 Å². The lowest BCUT2D eigenvalue weighted by Gasteiger charge is -2.20. The van der Waals surface area contributed by atoms with E-state index in [1.807, 2.05) is 0 Å². The standard InChI is InChI=1S/C26H25FN4O7S2/c1-17-18(2)29-38-26(17)30-39(33,34)23-14-6-20(7-15-23)28-25(32)16-37-22-10-8-21(9-11-22)31(3)40(35,36)24-12-4-19(27)5-13-24/h4-15,30H,16H2,1-3H3,(H,28,32). The second-order valence-corrected chi connectivity index (χ2v) is 12.3. The molecule has 0 atom stereocenters. The Labute approximate surface area is 230 Å². The zero-order valence-electron chi connectivity index (χ0n) is 21.6. The third kappa shape index (κ3) is 6.40. The van der Waals surface area contributed by atoms with Gasteiger partial charge in [0.05, 0.1) is 21.2 Å². The van der Waals surface area contributed by atoms with E-state index in [0.717, 1.165) is 16.4 Å². The Morgan fingerprint density at radius 2 is 1.52 bits per heavy atom. The average Bonchev–Trinajstić information content (AvgIpc) is 3.24. The first-order valence-electron chi connectivity index (χ1n) is 11.7. The molecule has 0 aliphatic carbocycles. The number of halogens is 1. The molecule has 0 radical (unpaired) electrons. The van der Waals surface area contributed by atoms with Crippen LogP contribution in [0.5, 0.6) is 5.75 Å². The van der Waals surface area contributed by atoms with Gasteiger partial charge in [-0.25, -0.2) is 25.9 Å². The Morgan fingerprint density at radius 3 is 2.10 bits per heavy atom. The summed E-state index contributed by atoms with van der Waals surface area (Å²) in [7, 11) is -6.46. The first-order chi connectivity index (χ1) is 18.9. The van der Waals surface area contributed by atoms with Gasteiger partial charge in [0.15, 0.2) is 6.61 Å². The molecule has 0 aliphatic heterocycles. The van der Waals surface area contributed by atoms with Gasteiger partial charge >= 0.3 is 0 Å². The SMILES string of the molecule is Cc1noc(NS(=O)(=O)c2ccc(NC(=O)COc3ccc(N(C)S(=O)(=O)c4ccc(F)cc4)cc3)cc2)c1C. The Bertz CT molecular complexity index is 1720. The molecule has 1 heterocycles. The van der Waals surface area contributed by atoms with Crippen molar-refractivity contribution in [2.24, 2.45) is 0 Å². The predicted octanol–water partition coefficient (Wildman–Crippen LogP) is 4.07. The van der Waals surface area contributed by atoms with Crippen molar-refractivity contribution < 1.29 is 35.3 Å². The highest BCUT2D eigenvalue weighted by Gasteiger charge is 2.22. The van der Waals surface area contributed by atoms with Crippen LogP contribution < -0.4 is 19.1 Å². The minimum Gasteiger partial charge on any atom is -0.484 e. The number of aromatic nitrogens is 1. The molecule has 1 amide bonds. The average molecular weight is 589 g/mol. The van der Waals surface area contributed by atoms with Gasteiger partial charge in [0.1, 0.15) is 11.6 Å². The number of amides is 1. The number of nitrogens with one attached hydrogen (secondary N) is 2. The monoisotopic (exact) mass is 588 g/mol. The highest BCUT2D eigenvalue weighted by atomic mass is 32.2. The Hall–Kier alpha value is -4.43. The second-order valence-electron chi connectivity index (χ2n) is 8.61. The Morgan fingerprint density at radius 1 is 0.925 bits per heavy atom. The molecule has 0 fully saturated rings. The van der Waals surface area contributed by atoms with Crippen molar-refractivity contribution in [2.45, 2.75) is 23.6 Å². The van der Waals surface area contributed by atoms with Crippen molar-refractivity contribution in [1.82, 2.24) is 5.16 Å². The van der Waals surface area contributed by atoms with E-state index in [1.165, 1.54) is 67.7 Å². The maximum absolute atomic E-state index is 13.2. The van der Waals surface area contributed by atoms with Gasteiger partial charge < -0.3 is 14.6 Å². The van der Waals surface area contributed by atoms with Crippen LogP contribution in [0, 0.1) is 19.7 Å². The van der Waals surface area contributed by atoms with Crippen molar-refractivity contribution in [3.8, 4) is 5.75 Å². The van der Waals surface area contributed by atoms with E-state index in [2.05, 4.69) is 15.2 Å². The third-order valence-electron chi connectivity index (χ3n) is 5.87. The number of nitrogens with zero attached hydrogens (tertiary/aromatic N) is 2. The van der Waals surface area contributed by atoms with E-state index in [0.29, 0.717) is 28.4 Å². The topological polar surface area (TPSA) is 148 Å². The van der Waals surface area contributed by atoms with Gasteiger partial charge in [-0.2, -0.15) is 0 Å². The van der Waals surface area contributed by atoms with Crippen LogP contribution in [0.2, 0.25) is 0 Å². The molecule has 0 bridgehead atoms. The number of rotatable bonds is 10. The highest BCUT2D eigenvalue weighted by Crippen LogP contribution is 2.25. The number of anilines is 3. The van der Waals surface area contributed by atoms with Crippen LogP contribution >= 0.6 is 0 Å². The molecule has 4 rings (SSSR count). The first-order valence-corrected chi connectivity index (χ1v) is 14.6. The summed E-state index contributed by atoms with van der Waals surface area (Å²) in [6.45, 7) is 3.02. The molecule has 40 heavy (non-hydrogen) atoms. The van der Waals surface area contributed by atoms with E-state index in [9.17, 15) is 26.0 Å². The van der Waals surface area contributed by atoms with Gasteiger partial charge in [-0.15, -0.1) is 0 Å². The van der Waals surface area contributed by atoms with Gasteiger partial charge in [0.25, 0.3) is 26.0 Å². The minimum absolute atomic E-state index is 0.0289. The zero-order valence-corrected chi connectivity index (χ0v) is 23.2. The molecular formula is C26H25FN4O7S2. The summed E-state index contributed by atoms with van der Waals surface area (Å²) in [4.78, 5) is 12.2. The lowest BCUT2D eigenvalue weighted by atomic mass is 10.3. The maximum atomic E-state index is 13.2. The molecule has 4 aromatic rings. The van der Waals surface area contributed by atoms with Gasteiger partial charge in [-0.3, -0.25) is 9.10 Å². The van der Waals surface area contributed by atoms with E-state index >= 15 is 0 Å². The number of hydrogen-bond donors (Lipinski definition) is 2. The molecule has 14 heteroatoms. The summed E-state index contributed by atoms with van der Waals surface area (Å²) in [6.07, 6.45) is 0.